The molecule has 2 fully saturated rings. The number of aryl methyl sites for hydroxylation is 1. The summed E-state index contributed by atoms with van der Waals surface area (Å²) in [6.45, 7) is 8.04. The van der Waals surface area contributed by atoms with Gasteiger partial charge in [0.05, 0.1) is 10.6 Å². The molecule has 0 bridgehead atoms. The maximum atomic E-state index is 13.2. The van der Waals surface area contributed by atoms with Gasteiger partial charge in [-0.3, -0.25) is 10.1 Å². The molecule has 7 nitrogen and oxygen atoms in total. The van der Waals surface area contributed by atoms with Crippen molar-refractivity contribution >= 4 is 28.3 Å². The van der Waals surface area contributed by atoms with E-state index in [0.29, 0.717) is 27.5 Å². The van der Waals surface area contributed by atoms with Crippen molar-refractivity contribution in [1.29, 1.82) is 0 Å². The van der Waals surface area contributed by atoms with E-state index in [1.165, 1.54) is 30.2 Å². The van der Waals surface area contributed by atoms with Gasteiger partial charge in [0.15, 0.2) is 10.9 Å². The van der Waals surface area contributed by atoms with Crippen LogP contribution in [0.2, 0.25) is 0 Å². The van der Waals surface area contributed by atoms with E-state index in [0.717, 1.165) is 52.0 Å². The quantitative estimate of drug-likeness (QED) is 0.517. The first-order valence-electron chi connectivity index (χ1n) is 12.1. The number of rotatable bonds is 7. The van der Waals surface area contributed by atoms with Crippen LogP contribution in [0.15, 0.2) is 24.3 Å². The molecule has 9 heteroatoms. The van der Waals surface area contributed by atoms with E-state index in [1.807, 2.05) is 12.1 Å². The molecule has 2 saturated heterocycles. The average Bonchev–Trinajstić information content (AvgIpc) is 3.17. The van der Waals surface area contributed by atoms with Crippen molar-refractivity contribution < 1.29 is 14.0 Å². The Morgan fingerprint density at radius 2 is 2.06 bits per heavy atom. The Kier molecular flexibility index (Phi) is 8.28. The Hall–Kier alpha value is -2.36. The van der Waals surface area contributed by atoms with E-state index in [1.54, 1.807) is 19.1 Å². The van der Waals surface area contributed by atoms with Gasteiger partial charge < -0.3 is 15.5 Å². The first kappa shape index (κ1) is 24.8. The molecule has 3 atom stereocenters. The molecule has 0 spiro atoms. The second-order valence-electron chi connectivity index (χ2n) is 9.55. The average molecular weight is 488 g/mol. The zero-order valence-corrected chi connectivity index (χ0v) is 20.7. The first-order valence-corrected chi connectivity index (χ1v) is 12.9. The third-order valence-electron chi connectivity index (χ3n) is 6.81. The highest BCUT2D eigenvalue weighted by molar-refractivity contribution is 7.17. The van der Waals surface area contributed by atoms with Crippen LogP contribution in [-0.4, -0.2) is 60.5 Å². The Bertz CT molecular complexity index is 996. The summed E-state index contributed by atoms with van der Waals surface area (Å²) in [4.78, 5) is 31.8. The third-order valence-corrected chi connectivity index (χ3v) is 7.99. The lowest BCUT2D eigenvalue weighted by molar-refractivity contribution is 0.102. The number of thiazole rings is 1. The number of aromatic nitrogens is 1. The number of benzene rings is 1. The van der Waals surface area contributed by atoms with Gasteiger partial charge >= 0.3 is 6.03 Å². The Morgan fingerprint density at radius 1 is 1.26 bits per heavy atom. The molecule has 1 aromatic carbocycles. The molecule has 2 aromatic rings. The fourth-order valence-corrected chi connectivity index (χ4v) is 6.00. The van der Waals surface area contributed by atoms with Gasteiger partial charge in [0.1, 0.15) is 5.82 Å². The Labute approximate surface area is 204 Å². The molecule has 184 valence electrons. The van der Waals surface area contributed by atoms with E-state index in [2.05, 4.69) is 25.8 Å². The lowest BCUT2D eigenvalue weighted by Crippen LogP contribution is -2.55. The number of amides is 2. The molecule has 2 aliphatic heterocycles. The van der Waals surface area contributed by atoms with Crippen LogP contribution in [0.3, 0.4) is 0 Å². The highest BCUT2D eigenvalue weighted by Gasteiger charge is 2.30. The molecule has 2 aliphatic rings. The molecule has 3 heterocycles. The van der Waals surface area contributed by atoms with Crippen molar-refractivity contribution in [2.45, 2.75) is 45.6 Å². The van der Waals surface area contributed by atoms with Crippen LogP contribution < -0.4 is 16.0 Å². The summed E-state index contributed by atoms with van der Waals surface area (Å²) < 4.78 is 13.2. The van der Waals surface area contributed by atoms with Gasteiger partial charge in [-0.25, -0.2) is 14.2 Å². The fourth-order valence-electron chi connectivity index (χ4n) is 5.15. The maximum Gasteiger partial charge on any atom is 0.321 e. The molecule has 34 heavy (non-hydrogen) atoms. The predicted molar refractivity (Wildman–Crippen MR) is 133 cm³/mol. The van der Waals surface area contributed by atoms with Crippen LogP contribution in [0.1, 0.15) is 47.1 Å². The second kappa shape index (κ2) is 11.4. The fraction of sp³-hybridized carbons (Fsp3) is 0.560. The molecule has 2 amide bonds. The largest absolute Gasteiger partial charge is 0.333 e. The van der Waals surface area contributed by atoms with Crippen LogP contribution in [0.5, 0.6) is 0 Å². The zero-order chi connectivity index (χ0) is 24.1. The number of hydrogen-bond acceptors (Lipinski definition) is 6. The third kappa shape index (κ3) is 6.61. The molecule has 3 N–H and O–H groups in total. The van der Waals surface area contributed by atoms with Crippen LogP contribution >= 0.6 is 11.3 Å². The maximum absolute atomic E-state index is 13.2. The Morgan fingerprint density at radius 3 is 2.79 bits per heavy atom. The van der Waals surface area contributed by atoms with Gasteiger partial charge in [-0.2, -0.15) is 0 Å². The molecule has 0 aliphatic carbocycles. The molecule has 0 saturated carbocycles. The van der Waals surface area contributed by atoms with Gasteiger partial charge in [-0.1, -0.05) is 23.5 Å². The molecule has 0 radical (unpaired) electrons. The van der Waals surface area contributed by atoms with E-state index >= 15 is 0 Å². The summed E-state index contributed by atoms with van der Waals surface area (Å²) in [6, 6.07) is 6.61. The van der Waals surface area contributed by atoms with E-state index in [-0.39, 0.29) is 23.7 Å². The number of hydrogen-bond donors (Lipinski definition) is 3. The van der Waals surface area contributed by atoms with Gasteiger partial charge in [-0.15, -0.1) is 0 Å². The number of urea groups is 1. The smallest absolute Gasteiger partial charge is 0.321 e. The highest BCUT2D eigenvalue weighted by Crippen LogP contribution is 2.25. The van der Waals surface area contributed by atoms with Crippen molar-refractivity contribution in [3.8, 4) is 0 Å². The SMILES string of the molecule is CC(=O)c1sc(NC(=O)N[C@H]2CNCC[C@H]2CN2CCCC(Cc3ccc(F)cc3)C2)nc1C. The van der Waals surface area contributed by atoms with E-state index in [4.69, 9.17) is 0 Å². The van der Waals surface area contributed by atoms with E-state index < -0.39 is 0 Å². The van der Waals surface area contributed by atoms with Crippen LogP contribution in [0, 0.1) is 24.6 Å². The highest BCUT2D eigenvalue weighted by atomic mass is 32.1. The van der Waals surface area contributed by atoms with Crippen molar-refractivity contribution in [3.05, 3.63) is 46.2 Å². The van der Waals surface area contributed by atoms with Gasteiger partial charge in [0, 0.05) is 32.6 Å². The first-order chi connectivity index (χ1) is 16.4. The van der Waals surface area contributed by atoms with Crippen molar-refractivity contribution in [2.75, 3.05) is 38.0 Å². The number of ketones is 1. The second-order valence-corrected chi connectivity index (χ2v) is 10.5. The standard InChI is InChI=1S/C25H34FN5O2S/c1-16-23(17(2)32)34-25(28-16)30-24(33)29-22-13-27-10-9-20(22)15-31-11-3-4-19(14-31)12-18-5-7-21(26)8-6-18/h5-8,19-20,22,27H,3-4,9-15H2,1-2H3,(H2,28,29,30,33)/t19?,20-,22-/m0/s1. The van der Waals surface area contributed by atoms with Gasteiger partial charge in [0.2, 0.25) is 0 Å². The van der Waals surface area contributed by atoms with Crippen molar-refractivity contribution in [1.82, 2.24) is 20.5 Å². The van der Waals surface area contributed by atoms with Gasteiger partial charge in [-0.05, 0) is 75.2 Å². The molecule has 4 rings (SSSR count). The number of Topliss-reactive ketones (excluding diaryl/α,β-unsaturated/α-hetero) is 1. The lowest BCUT2D eigenvalue weighted by atomic mass is 9.88. The number of likely N-dealkylation sites (tertiary alicyclic amines) is 1. The minimum Gasteiger partial charge on any atom is -0.333 e. The monoisotopic (exact) mass is 487 g/mol. The molecular weight excluding hydrogens is 453 g/mol. The summed E-state index contributed by atoms with van der Waals surface area (Å²) in [6.07, 6.45) is 4.34. The molecule has 1 aromatic heterocycles. The summed E-state index contributed by atoms with van der Waals surface area (Å²) in [5.41, 5.74) is 1.84. The molecular formula is C25H34FN5O2S. The summed E-state index contributed by atoms with van der Waals surface area (Å²) in [5, 5.41) is 9.77. The predicted octanol–water partition coefficient (Wildman–Crippen LogP) is 3.85. The number of anilines is 1. The minimum absolute atomic E-state index is 0.0274. The summed E-state index contributed by atoms with van der Waals surface area (Å²) >= 11 is 1.21. The molecule has 1 unspecified atom stereocenters. The summed E-state index contributed by atoms with van der Waals surface area (Å²) in [7, 11) is 0. The topological polar surface area (TPSA) is 86.4 Å². The number of carbonyl (C=O) groups excluding carboxylic acids is 2. The number of nitrogens with zero attached hydrogens (tertiary/aromatic N) is 2. The number of carbonyl (C=O) groups is 2. The minimum atomic E-state index is -0.282. The van der Waals surface area contributed by atoms with Gasteiger partial charge in [0.25, 0.3) is 0 Å². The number of nitrogens with one attached hydrogen (secondary N) is 3. The van der Waals surface area contributed by atoms with Crippen molar-refractivity contribution in [2.24, 2.45) is 11.8 Å². The van der Waals surface area contributed by atoms with Crippen molar-refractivity contribution in [3.63, 3.8) is 0 Å². The lowest BCUT2D eigenvalue weighted by Gasteiger charge is -2.39. The normalized spacial score (nSPS) is 23.4. The zero-order valence-electron chi connectivity index (χ0n) is 19.9. The number of piperidine rings is 2. The van der Waals surface area contributed by atoms with E-state index in [9.17, 15) is 14.0 Å². The summed E-state index contributed by atoms with van der Waals surface area (Å²) in [5.74, 6) is 0.702. The number of halogens is 1. The van der Waals surface area contributed by atoms with Crippen LogP contribution in [0.25, 0.3) is 0 Å². The van der Waals surface area contributed by atoms with Crippen LogP contribution in [0.4, 0.5) is 14.3 Å². The van der Waals surface area contributed by atoms with Crippen LogP contribution in [-0.2, 0) is 6.42 Å². The Balaban J connectivity index is 1.30.